The third-order valence-electron chi connectivity index (χ3n) is 0.647. The van der Waals surface area contributed by atoms with Gasteiger partial charge in [-0.05, 0) is 13.8 Å². The van der Waals surface area contributed by atoms with E-state index in [1.807, 2.05) is 0 Å². The number of carbonyl (C=O) groups excluding carboxylic acids is 1. The van der Waals surface area contributed by atoms with E-state index in [0.717, 1.165) is 0 Å². The Morgan fingerprint density at radius 2 is 2.12 bits per heavy atom. The maximum atomic E-state index is 10.2. The summed E-state index contributed by atoms with van der Waals surface area (Å²) in [7, 11) is 0. The Balaban J connectivity index is 3.75. The second kappa shape index (κ2) is 3.21. The van der Waals surface area contributed by atoms with Gasteiger partial charge in [-0.1, -0.05) is 0 Å². The zero-order chi connectivity index (χ0) is 6.57. The van der Waals surface area contributed by atoms with Crippen LogP contribution in [0.15, 0.2) is 11.8 Å². The van der Waals surface area contributed by atoms with Gasteiger partial charge in [-0.2, -0.15) is 0 Å². The number of ketones is 1. The molecule has 3 N–H and O–H groups in total. The number of hydrogen-bond donors (Lipinski definition) is 2. The fraction of sp³-hybridized carbons (Fsp3) is 0.400. The molecular weight excluding hydrogens is 104 g/mol. The van der Waals surface area contributed by atoms with Crippen molar-refractivity contribution in [1.82, 2.24) is 5.43 Å². The van der Waals surface area contributed by atoms with Gasteiger partial charge in [0.2, 0.25) is 0 Å². The molecule has 0 saturated carbocycles. The normalized spacial score (nSPS) is 11.1. The summed E-state index contributed by atoms with van der Waals surface area (Å²) in [6.45, 7) is 3.20. The summed E-state index contributed by atoms with van der Waals surface area (Å²) in [6.07, 6.45) is 1.43. The number of carbonyl (C=O) groups is 1. The van der Waals surface area contributed by atoms with Crippen LogP contribution in [0, 0.1) is 0 Å². The van der Waals surface area contributed by atoms with Crippen molar-refractivity contribution in [2.75, 3.05) is 0 Å². The van der Waals surface area contributed by atoms with Crippen LogP contribution in [0.1, 0.15) is 13.8 Å². The Morgan fingerprint density at radius 1 is 1.62 bits per heavy atom. The van der Waals surface area contributed by atoms with E-state index in [2.05, 4.69) is 5.43 Å². The molecule has 0 aliphatic heterocycles. The highest BCUT2D eigenvalue weighted by Gasteiger charge is 1.84. The van der Waals surface area contributed by atoms with Gasteiger partial charge in [0.05, 0.1) is 0 Å². The van der Waals surface area contributed by atoms with Gasteiger partial charge >= 0.3 is 0 Å². The second-order valence-corrected chi connectivity index (χ2v) is 1.58. The smallest absolute Gasteiger partial charge is 0.154 e. The van der Waals surface area contributed by atoms with E-state index in [0.29, 0.717) is 5.70 Å². The van der Waals surface area contributed by atoms with Crippen molar-refractivity contribution in [3.63, 3.8) is 0 Å². The molecular formula is C5H10N2O. The minimum Gasteiger partial charge on any atom is -0.328 e. The second-order valence-electron chi connectivity index (χ2n) is 1.58. The van der Waals surface area contributed by atoms with Crippen LogP contribution in [0.3, 0.4) is 0 Å². The fourth-order valence-corrected chi connectivity index (χ4v) is 0.347. The van der Waals surface area contributed by atoms with Crippen molar-refractivity contribution in [2.45, 2.75) is 13.8 Å². The molecule has 0 rings (SSSR count). The molecule has 0 aromatic rings. The first-order valence-corrected chi connectivity index (χ1v) is 2.32. The topological polar surface area (TPSA) is 55.1 Å². The molecule has 0 amide bonds. The zero-order valence-electron chi connectivity index (χ0n) is 5.06. The molecule has 0 bridgehead atoms. The Labute approximate surface area is 48.5 Å². The summed E-state index contributed by atoms with van der Waals surface area (Å²) >= 11 is 0. The third kappa shape index (κ3) is 3.36. The molecule has 0 spiro atoms. The van der Waals surface area contributed by atoms with Crippen LogP contribution < -0.4 is 11.3 Å². The average Bonchev–Trinajstić information content (AvgIpc) is 1.65. The first-order chi connectivity index (χ1) is 3.66. The van der Waals surface area contributed by atoms with Crippen LogP contribution in [-0.2, 0) is 4.79 Å². The Bertz CT molecular complexity index is 118. The molecule has 0 heterocycles. The van der Waals surface area contributed by atoms with Crippen LogP contribution in [0.5, 0.6) is 0 Å². The van der Waals surface area contributed by atoms with E-state index in [1.54, 1.807) is 6.92 Å². The maximum absolute atomic E-state index is 10.2. The third-order valence-corrected chi connectivity index (χ3v) is 0.647. The Hall–Kier alpha value is -0.830. The van der Waals surface area contributed by atoms with Gasteiger partial charge in [-0.3, -0.25) is 10.6 Å². The van der Waals surface area contributed by atoms with Crippen molar-refractivity contribution in [1.29, 1.82) is 0 Å². The van der Waals surface area contributed by atoms with Gasteiger partial charge in [0.25, 0.3) is 0 Å². The molecule has 0 aliphatic carbocycles. The number of nitrogens with one attached hydrogen (secondary N) is 1. The monoisotopic (exact) mass is 114 g/mol. The molecule has 8 heavy (non-hydrogen) atoms. The van der Waals surface area contributed by atoms with E-state index in [-0.39, 0.29) is 5.78 Å². The lowest BCUT2D eigenvalue weighted by Gasteiger charge is -1.93. The van der Waals surface area contributed by atoms with E-state index in [9.17, 15) is 4.79 Å². The van der Waals surface area contributed by atoms with Crippen LogP contribution in [0.25, 0.3) is 0 Å². The van der Waals surface area contributed by atoms with E-state index in [1.165, 1.54) is 13.0 Å². The molecule has 0 aromatic heterocycles. The largest absolute Gasteiger partial charge is 0.328 e. The highest BCUT2D eigenvalue weighted by Crippen LogP contribution is 1.81. The lowest BCUT2D eigenvalue weighted by atomic mass is 10.3. The fourth-order valence-electron chi connectivity index (χ4n) is 0.347. The van der Waals surface area contributed by atoms with E-state index < -0.39 is 0 Å². The number of nitrogens with two attached hydrogens (primary N) is 1. The number of hydrogen-bond acceptors (Lipinski definition) is 3. The Morgan fingerprint density at radius 3 is 2.25 bits per heavy atom. The standard InChI is InChI=1S/C5H10N2O/c1-4(7-6)3-5(2)8/h3,7H,6H2,1-2H3/b4-3-. The van der Waals surface area contributed by atoms with Crippen molar-refractivity contribution < 1.29 is 4.79 Å². The molecule has 0 saturated heterocycles. The van der Waals surface area contributed by atoms with Gasteiger partial charge in [0, 0.05) is 11.8 Å². The summed E-state index contributed by atoms with van der Waals surface area (Å²) < 4.78 is 0. The van der Waals surface area contributed by atoms with Crippen LogP contribution in [0.4, 0.5) is 0 Å². The molecule has 3 heteroatoms. The number of hydrazine groups is 1. The van der Waals surface area contributed by atoms with E-state index >= 15 is 0 Å². The molecule has 0 fully saturated rings. The molecule has 0 aliphatic rings. The quantitative estimate of drug-likeness (QED) is 0.300. The molecule has 0 aromatic carbocycles. The SMILES string of the molecule is CC(=O)/C=C(/C)NN. The summed E-state index contributed by atoms with van der Waals surface area (Å²) in [4.78, 5) is 10.2. The van der Waals surface area contributed by atoms with Crippen molar-refractivity contribution in [3.05, 3.63) is 11.8 Å². The first kappa shape index (κ1) is 7.17. The number of allylic oxidation sites excluding steroid dienone is 2. The van der Waals surface area contributed by atoms with Crippen LogP contribution in [-0.4, -0.2) is 5.78 Å². The van der Waals surface area contributed by atoms with Crippen molar-refractivity contribution in [2.24, 2.45) is 5.84 Å². The highest BCUT2D eigenvalue weighted by molar-refractivity contribution is 5.87. The molecule has 0 radical (unpaired) electrons. The molecule has 0 atom stereocenters. The first-order valence-electron chi connectivity index (χ1n) is 2.32. The van der Waals surface area contributed by atoms with Crippen molar-refractivity contribution >= 4 is 5.78 Å². The van der Waals surface area contributed by atoms with Gasteiger partial charge in [0.1, 0.15) is 0 Å². The summed E-state index contributed by atoms with van der Waals surface area (Å²) in [5.41, 5.74) is 3.01. The van der Waals surface area contributed by atoms with Gasteiger partial charge in [-0.25, -0.2) is 0 Å². The van der Waals surface area contributed by atoms with Crippen LogP contribution >= 0.6 is 0 Å². The van der Waals surface area contributed by atoms with Gasteiger partial charge < -0.3 is 5.43 Å². The molecule has 0 unspecified atom stereocenters. The zero-order valence-corrected chi connectivity index (χ0v) is 5.06. The summed E-state index contributed by atoms with van der Waals surface area (Å²) in [5.74, 6) is 4.95. The minimum atomic E-state index is 0.000417. The van der Waals surface area contributed by atoms with E-state index in [4.69, 9.17) is 5.84 Å². The predicted octanol–water partition coefficient (Wildman–Crippen LogP) is -0.0575. The average molecular weight is 114 g/mol. The highest BCUT2D eigenvalue weighted by atomic mass is 16.1. The molecule has 46 valence electrons. The van der Waals surface area contributed by atoms with Gasteiger partial charge in [-0.15, -0.1) is 0 Å². The van der Waals surface area contributed by atoms with Crippen molar-refractivity contribution in [3.8, 4) is 0 Å². The summed E-state index contributed by atoms with van der Waals surface area (Å²) in [5, 5.41) is 0. The maximum Gasteiger partial charge on any atom is 0.154 e. The summed E-state index contributed by atoms with van der Waals surface area (Å²) in [6, 6.07) is 0. The predicted molar refractivity (Wildman–Crippen MR) is 31.8 cm³/mol. The van der Waals surface area contributed by atoms with Gasteiger partial charge in [0.15, 0.2) is 5.78 Å². The lowest BCUT2D eigenvalue weighted by molar-refractivity contribution is -0.112. The van der Waals surface area contributed by atoms with Crippen LogP contribution in [0.2, 0.25) is 0 Å². The molecule has 3 nitrogen and oxygen atoms in total. The minimum absolute atomic E-state index is 0.000417. The number of rotatable bonds is 2. The lowest BCUT2D eigenvalue weighted by Crippen LogP contribution is -2.19. The Kier molecular flexibility index (Phi) is 2.88.